The number of halogens is 1. The van der Waals surface area contributed by atoms with Gasteiger partial charge in [0.05, 0.1) is 23.9 Å². The van der Waals surface area contributed by atoms with Crippen LogP contribution in [-0.2, 0) is 21.5 Å². The Morgan fingerprint density at radius 2 is 1.81 bits per heavy atom. The highest BCUT2D eigenvalue weighted by molar-refractivity contribution is 7.99. The summed E-state index contributed by atoms with van der Waals surface area (Å²) in [6.45, 7) is 11.2. The van der Waals surface area contributed by atoms with Crippen molar-refractivity contribution in [1.82, 2.24) is 15.5 Å². The number of ether oxygens (including phenoxy) is 2. The maximum absolute atomic E-state index is 15.5. The summed E-state index contributed by atoms with van der Waals surface area (Å²) in [6, 6.07) is 9.73. The van der Waals surface area contributed by atoms with Crippen LogP contribution in [0.15, 0.2) is 45.8 Å². The third kappa shape index (κ3) is 7.49. The zero-order valence-corrected chi connectivity index (χ0v) is 26.3. The summed E-state index contributed by atoms with van der Waals surface area (Å²) in [6.07, 6.45) is 4.01. The number of nitrogens with one attached hydrogen (secondary N) is 1. The van der Waals surface area contributed by atoms with E-state index in [0.717, 1.165) is 24.2 Å². The fourth-order valence-corrected chi connectivity index (χ4v) is 6.08. The molecular formula is C32H39FN4O5S. The summed E-state index contributed by atoms with van der Waals surface area (Å²) in [5.41, 5.74) is 0.314. The van der Waals surface area contributed by atoms with Crippen LogP contribution in [-0.4, -0.2) is 45.6 Å². The number of carbonyl (C=O) groups is 2. The standard InChI is InChI=1S/C32H39FN4O5S/c1-31(2,3)29-35-27(36-42-29)22-15-25-26(16-23(22)33)43-18-24(34-30(39)41-32(4,5)6)28(38)37(25)17-19-11-13-21(14-12-19)40-20-9-7-8-10-20/h11-16,20,24H,7-10,17-18H2,1-6H3,(H,34,39)/t24-/m0/s1. The van der Waals surface area contributed by atoms with Crippen molar-refractivity contribution in [1.29, 1.82) is 0 Å². The number of benzene rings is 2. The molecule has 43 heavy (non-hydrogen) atoms. The molecule has 9 nitrogen and oxygen atoms in total. The molecule has 0 saturated heterocycles. The fourth-order valence-electron chi connectivity index (χ4n) is 5.00. The first-order valence-corrected chi connectivity index (χ1v) is 15.6. The molecule has 2 heterocycles. The fraction of sp³-hybridized carbons (Fsp3) is 0.500. The number of thioether (sulfide) groups is 1. The summed E-state index contributed by atoms with van der Waals surface area (Å²) in [5.74, 6) is 0.584. The summed E-state index contributed by atoms with van der Waals surface area (Å²) >= 11 is 1.29. The second-order valence-electron chi connectivity index (χ2n) is 13.1. The minimum atomic E-state index is -0.901. The van der Waals surface area contributed by atoms with Gasteiger partial charge in [-0.2, -0.15) is 4.98 Å². The van der Waals surface area contributed by atoms with E-state index in [1.807, 2.05) is 45.0 Å². The van der Waals surface area contributed by atoms with Gasteiger partial charge in [-0.05, 0) is 76.3 Å². The molecule has 0 unspecified atom stereocenters. The monoisotopic (exact) mass is 610 g/mol. The van der Waals surface area contributed by atoms with Crippen molar-refractivity contribution in [3.8, 4) is 17.1 Å². The average Bonchev–Trinajstić information content (AvgIpc) is 3.60. The van der Waals surface area contributed by atoms with E-state index in [4.69, 9.17) is 14.0 Å². The van der Waals surface area contributed by atoms with E-state index in [-0.39, 0.29) is 35.7 Å². The number of hydrogen-bond acceptors (Lipinski definition) is 8. The zero-order chi connectivity index (χ0) is 30.9. The molecule has 2 aliphatic rings. The van der Waals surface area contributed by atoms with E-state index >= 15 is 4.39 Å². The van der Waals surface area contributed by atoms with Crippen LogP contribution < -0.4 is 15.0 Å². The highest BCUT2D eigenvalue weighted by Gasteiger charge is 2.35. The number of nitrogens with zero attached hydrogens (tertiary/aromatic N) is 3. The van der Waals surface area contributed by atoms with Gasteiger partial charge in [0.2, 0.25) is 11.7 Å². The largest absolute Gasteiger partial charge is 0.490 e. The molecule has 5 rings (SSSR count). The van der Waals surface area contributed by atoms with Gasteiger partial charge in [0.15, 0.2) is 0 Å². The predicted molar refractivity (Wildman–Crippen MR) is 163 cm³/mol. The molecule has 1 fully saturated rings. The smallest absolute Gasteiger partial charge is 0.408 e. The minimum absolute atomic E-state index is 0.101. The Morgan fingerprint density at radius 3 is 2.44 bits per heavy atom. The highest BCUT2D eigenvalue weighted by atomic mass is 32.2. The van der Waals surface area contributed by atoms with Gasteiger partial charge < -0.3 is 24.2 Å². The van der Waals surface area contributed by atoms with E-state index < -0.39 is 29.0 Å². The lowest BCUT2D eigenvalue weighted by Gasteiger charge is -2.27. The Kier molecular flexibility index (Phi) is 8.74. The van der Waals surface area contributed by atoms with Gasteiger partial charge in [0.25, 0.3) is 5.91 Å². The summed E-state index contributed by atoms with van der Waals surface area (Å²) in [7, 11) is 0. The number of carbonyl (C=O) groups excluding carboxylic acids is 2. The molecular weight excluding hydrogens is 571 g/mol. The summed E-state index contributed by atoms with van der Waals surface area (Å²) in [5, 5.41) is 6.75. The van der Waals surface area contributed by atoms with Crippen LogP contribution in [0.5, 0.6) is 5.75 Å². The molecule has 230 valence electrons. The van der Waals surface area contributed by atoms with Crippen LogP contribution in [0.1, 0.15) is 78.7 Å². The number of alkyl carbamates (subject to hydrolysis) is 1. The first-order valence-electron chi connectivity index (χ1n) is 14.6. The van der Waals surface area contributed by atoms with E-state index in [1.54, 1.807) is 31.7 Å². The SMILES string of the molecule is CC(C)(C)OC(=O)N[C@H]1CSc2cc(F)c(-c3noc(C(C)(C)C)n3)cc2N(Cc2ccc(OC3CCCC3)cc2)C1=O. The van der Waals surface area contributed by atoms with Gasteiger partial charge >= 0.3 is 6.09 Å². The van der Waals surface area contributed by atoms with Gasteiger partial charge in [0.1, 0.15) is 23.2 Å². The van der Waals surface area contributed by atoms with Crippen molar-refractivity contribution in [3.63, 3.8) is 0 Å². The number of amides is 2. The molecule has 0 radical (unpaired) electrons. The predicted octanol–water partition coefficient (Wildman–Crippen LogP) is 7.03. The average molecular weight is 611 g/mol. The van der Waals surface area contributed by atoms with Crippen LogP contribution in [0.3, 0.4) is 0 Å². The first-order chi connectivity index (χ1) is 20.3. The molecule has 3 aromatic rings. The minimum Gasteiger partial charge on any atom is -0.490 e. The number of hydrogen-bond donors (Lipinski definition) is 1. The molecule has 1 aromatic heterocycles. The van der Waals surface area contributed by atoms with Gasteiger partial charge in [0, 0.05) is 16.1 Å². The third-order valence-electron chi connectivity index (χ3n) is 7.18. The van der Waals surface area contributed by atoms with Crippen LogP contribution in [0.2, 0.25) is 0 Å². The van der Waals surface area contributed by atoms with Crippen molar-refractivity contribution in [2.75, 3.05) is 10.7 Å². The molecule has 11 heteroatoms. The zero-order valence-electron chi connectivity index (χ0n) is 25.5. The van der Waals surface area contributed by atoms with Gasteiger partial charge in [-0.3, -0.25) is 4.79 Å². The van der Waals surface area contributed by atoms with Crippen molar-refractivity contribution in [3.05, 3.63) is 53.7 Å². The van der Waals surface area contributed by atoms with Gasteiger partial charge in [-0.15, -0.1) is 11.8 Å². The lowest BCUT2D eigenvalue weighted by atomic mass is 9.97. The number of anilines is 1. The second kappa shape index (κ2) is 12.2. The number of fused-ring (bicyclic) bond motifs is 1. The molecule has 0 bridgehead atoms. The molecule has 1 saturated carbocycles. The van der Waals surface area contributed by atoms with Gasteiger partial charge in [-0.25, -0.2) is 9.18 Å². The Labute approximate surface area is 255 Å². The number of rotatable bonds is 6. The summed E-state index contributed by atoms with van der Waals surface area (Å²) < 4.78 is 32.5. The van der Waals surface area contributed by atoms with Crippen LogP contribution in [0.4, 0.5) is 14.9 Å². The normalized spacial score (nSPS) is 17.9. The van der Waals surface area contributed by atoms with E-state index in [2.05, 4.69) is 15.5 Å². The first kappa shape index (κ1) is 30.8. The highest BCUT2D eigenvalue weighted by Crippen LogP contribution is 2.40. The lowest BCUT2D eigenvalue weighted by Crippen LogP contribution is -2.50. The van der Waals surface area contributed by atoms with Crippen molar-refractivity contribution >= 4 is 29.4 Å². The topological polar surface area (TPSA) is 107 Å². The molecule has 0 spiro atoms. The molecule has 1 N–H and O–H groups in total. The second-order valence-corrected chi connectivity index (χ2v) is 14.1. The third-order valence-corrected chi connectivity index (χ3v) is 8.32. The lowest BCUT2D eigenvalue weighted by molar-refractivity contribution is -0.120. The van der Waals surface area contributed by atoms with Crippen molar-refractivity contribution in [2.45, 2.75) is 102 Å². The molecule has 2 amide bonds. The van der Waals surface area contributed by atoms with Crippen LogP contribution >= 0.6 is 11.8 Å². The van der Waals surface area contributed by atoms with Crippen molar-refractivity contribution < 1.29 is 28.0 Å². The Bertz CT molecular complexity index is 1470. The van der Waals surface area contributed by atoms with E-state index in [9.17, 15) is 9.59 Å². The quantitative estimate of drug-likeness (QED) is 0.317. The van der Waals surface area contributed by atoms with E-state index in [1.165, 1.54) is 30.7 Å². The van der Waals surface area contributed by atoms with E-state index in [0.29, 0.717) is 16.5 Å². The van der Waals surface area contributed by atoms with Crippen LogP contribution in [0, 0.1) is 5.82 Å². The Balaban J connectivity index is 1.48. The molecule has 2 aromatic carbocycles. The maximum Gasteiger partial charge on any atom is 0.408 e. The maximum atomic E-state index is 15.5. The Hall–Kier alpha value is -3.60. The van der Waals surface area contributed by atoms with Crippen LogP contribution in [0.25, 0.3) is 11.4 Å². The van der Waals surface area contributed by atoms with Gasteiger partial charge in [-0.1, -0.05) is 38.1 Å². The molecule has 1 aliphatic heterocycles. The Morgan fingerprint density at radius 1 is 1.12 bits per heavy atom. The molecule has 1 aliphatic carbocycles. The number of aromatic nitrogens is 2. The molecule has 1 atom stereocenters. The van der Waals surface area contributed by atoms with Crippen molar-refractivity contribution in [2.24, 2.45) is 0 Å². The summed E-state index contributed by atoms with van der Waals surface area (Å²) in [4.78, 5) is 33.3.